The average Bonchev–Trinajstić information content (AvgIpc) is 2.96. The van der Waals surface area contributed by atoms with Gasteiger partial charge >= 0.3 is 0 Å². The highest BCUT2D eigenvalue weighted by Crippen LogP contribution is 2.25. The van der Waals surface area contributed by atoms with Crippen LogP contribution in [0, 0.1) is 6.92 Å². The van der Waals surface area contributed by atoms with Crippen LogP contribution in [0.2, 0.25) is 0 Å². The maximum atomic E-state index is 12.5. The van der Waals surface area contributed by atoms with Crippen LogP contribution in [0.3, 0.4) is 0 Å². The number of aromatic nitrogens is 1. The predicted molar refractivity (Wildman–Crippen MR) is 85.8 cm³/mol. The lowest BCUT2D eigenvalue weighted by atomic mass is 10.2. The van der Waals surface area contributed by atoms with E-state index in [1.807, 2.05) is 19.1 Å². The molecule has 2 aromatic carbocycles. The summed E-state index contributed by atoms with van der Waals surface area (Å²) in [6, 6.07) is 12.2. The van der Waals surface area contributed by atoms with Gasteiger partial charge in [-0.05, 0) is 36.8 Å². The average molecular weight is 332 g/mol. The third-order valence-electron chi connectivity index (χ3n) is 3.36. The van der Waals surface area contributed by atoms with Crippen LogP contribution in [-0.2, 0) is 16.6 Å². The van der Waals surface area contributed by atoms with Crippen molar-refractivity contribution in [2.45, 2.75) is 18.4 Å². The molecule has 0 aliphatic rings. The number of fused-ring (bicyclic) bond motifs is 1. The van der Waals surface area contributed by atoms with Crippen LogP contribution in [0.4, 0.5) is 0 Å². The van der Waals surface area contributed by atoms with Crippen molar-refractivity contribution in [3.8, 4) is 5.75 Å². The van der Waals surface area contributed by atoms with Gasteiger partial charge in [-0.3, -0.25) is 0 Å². The highest BCUT2D eigenvalue weighted by molar-refractivity contribution is 7.89. The van der Waals surface area contributed by atoms with Gasteiger partial charge < -0.3 is 9.15 Å². The van der Waals surface area contributed by atoms with Crippen molar-refractivity contribution < 1.29 is 17.6 Å². The largest absolute Gasteiger partial charge is 0.495 e. The first-order valence-electron chi connectivity index (χ1n) is 6.98. The summed E-state index contributed by atoms with van der Waals surface area (Å²) in [5, 5.41) is 0. The molecule has 0 saturated carbocycles. The summed E-state index contributed by atoms with van der Waals surface area (Å²) in [7, 11) is -2.30. The number of oxazole rings is 1. The van der Waals surface area contributed by atoms with Crippen LogP contribution in [-0.4, -0.2) is 20.5 Å². The van der Waals surface area contributed by atoms with Crippen LogP contribution in [0.15, 0.2) is 51.8 Å². The van der Waals surface area contributed by atoms with E-state index < -0.39 is 10.0 Å². The molecule has 1 N–H and O–H groups in total. The molecular weight excluding hydrogens is 316 g/mol. The standard InChI is InChI=1S/C16H16N2O4S/c1-11-7-8-14(21-2)15(9-11)23(19,20)17-10-16-18-12-5-3-4-6-13(12)22-16/h3-9,17H,10H2,1-2H3. The Balaban J connectivity index is 1.85. The molecular formula is C16H16N2O4S. The van der Waals surface area contributed by atoms with E-state index >= 15 is 0 Å². The Morgan fingerprint density at radius 1 is 1.22 bits per heavy atom. The van der Waals surface area contributed by atoms with Crippen molar-refractivity contribution in [1.82, 2.24) is 9.71 Å². The molecule has 0 saturated heterocycles. The van der Waals surface area contributed by atoms with Crippen molar-refractivity contribution in [3.63, 3.8) is 0 Å². The number of nitrogens with zero attached hydrogens (tertiary/aromatic N) is 1. The van der Waals surface area contributed by atoms with Gasteiger partial charge in [0.05, 0.1) is 13.7 Å². The van der Waals surface area contributed by atoms with Gasteiger partial charge in [-0.2, -0.15) is 0 Å². The molecule has 0 spiro atoms. The number of nitrogens with one attached hydrogen (secondary N) is 1. The fourth-order valence-electron chi connectivity index (χ4n) is 2.22. The van der Waals surface area contributed by atoms with Gasteiger partial charge in [0, 0.05) is 0 Å². The minimum absolute atomic E-state index is 0.0336. The zero-order chi connectivity index (χ0) is 16.4. The van der Waals surface area contributed by atoms with E-state index in [9.17, 15) is 8.42 Å². The summed E-state index contributed by atoms with van der Waals surface area (Å²) in [5.74, 6) is 0.599. The van der Waals surface area contributed by atoms with E-state index in [-0.39, 0.29) is 11.4 Å². The molecule has 0 unspecified atom stereocenters. The van der Waals surface area contributed by atoms with Crippen molar-refractivity contribution in [1.29, 1.82) is 0 Å². The second-order valence-electron chi connectivity index (χ2n) is 5.05. The summed E-state index contributed by atoms with van der Waals surface area (Å²) in [6.07, 6.45) is 0. The monoisotopic (exact) mass is 332 g/mol. The summed E-state index contributed by atoms with van der Waals surface area (Å²) >= 11 is 0. The lowest BCUT2D eigenvalue weighted by molar-refractivity contribution is 0.402. The highest BCUT2D eigenvalue weighted by Gasteiger charge is 2.20. The molecule has 0 aliphatic heterocycles. The molecule has 3 aromatic rings. The Bertz CT molecular complexity index is 915. The number of benzene rings is 2. The second-order valence-corrected chi connectivity index (χ2v) is 6.79. The number of para-hydroxylation sites is 2. The number of hydrogen-bond acceptors (Lipinski definition) is 5. The maximum Gasteiger partial charge on any atom is 0.244 e. The van der Waals surface area contributed by atoms with Crippen LogP contribution in [0.1, 0.15) is 11.5 Å². The summed E-state index contributed by atoms with van der Waals surface area (Å²) < 4.78 is 38.1. The number of aryl methyl sites for hydroxylation is 1. The Kier molecular flexibility index (Phi) is 4.06. The molecule has 0 amide bonds. The molecule has 7 heteroatoms. The van der Waals surface area contributed by atoms with Gasteiger partial charge in [0.2, 0.25) is 15.9 Å². The van der Waals surface area contributed by atoms with Gasteiger partial charge in [0.25, 0.3) is 0 Å². The van der Waals surface area contributed by atoms with Crippen molar-refractivity contribution in [3.05, 3.63) is 53.9 Å². The summed E-state index contributed by atoms with van der Waals surface area (Å²) in [6.45, 7) is 1.79. The van der Waals surface area contributed by atoms with E-state index in [1.165, 1.54) is 7.11 Å². The smallest absolute Gasteiger partial charge is 0.244 e. The molecule has 3 rings (SSSR count). The molecule has 6 nitrogen and oxygen atoms in total. The molecule has 0 fully saturated rings. The molecule has 0 bridgehead atoms. The molecule has 0 atom stereocenters. The Morgan fingerprint density at radius 2 is 2.00 bits per heavy atom. The van der Waals surface area contributed by atoms with Gasteiger partial charge in [-0.15, -0.1) is 0 Å². The molecule has 23 heavy (non-hydrogen) atoms. The second kappa shape index (κ2) is 6.02. The van der Waals surface area contributed by atoms with Crippen molar-refractivity contribution in [2.75, 3.05) is 7.11 Å². The Labute approximate surface area is 134 Å². The number of ether oxygens (including phenoxy) is 1. The maximum absolute atomic E-state index is 12.5. The van der Waals surface area contributed by atoms with Crippen molar-refractivity contribution >= 4 is 21.1 Å². The summed E-state index contributed by atoms with van der Waals surface area (Å²) in [5.41, 5.74) is 2.14. The fraction of sp³-hybridized carbons (Fsp3) is 0.188. The number of rotatable bonds is 5. The number of hydrogen-bond donors (Lipinski definition) is 1. The SMILES string of the molecule is COc1ccc(C)cc1S(=O)(=O)NCc1nc2ccccc2o1. The normalized spacial score (nSPS) is 11.7. The van der Waals surface area contributed by atoms with Crippen LogP contribution < -0.4 is 9.46 Å². The highest BCUT2D eigenvalue weighted by atomic mass is 32.2. The van der Waals surface area contributed by atoms with Crippen LogP contribution in [0.25, 0.3) is 11.1 Å². The number of sulfonamides is 1. The minimum Gasteiger partial charge on any atom is -0.495 e. The van der Waals surface area contributed by atoms with Crippen LogP contribution in [0.5, 0.6) is 5.75 Å². The summed E-state index contributed by atoms with van der Waals surface area (Å²) in [4.78, 5) is 4.34. The molecule has 0 radical (unpaired) electrons. The van der Waals surface area contributed by atoms with E-state index in [0.29, 0.717) is 22.7 Å². The lowest BCUT2D eigenvalue weighted by Crippen LogP contribution is -2.24. The topological polar surface area (TPSA) is 81.4 Å². The third-order valence-corrected chi connectivity index (χ3v) is 4.78. The van der Waals surface area contributed by atoms with E-state index in [2.05, 4.69) is 9.71 Å². The third kappa shape index (κ3) is 3.20. The Hall–Kier alpha value is -2.38. The van der Waals surface area contributed by atoms with Gasteiger partial charge in [0.15, 0.2) is 5.58 Å². The zero-order valence-electron chi connectivity index (χ0n) is 12.7. The first kappa shape index (κ1) is 15.5. The molecule has 1 aromatic heterocycles. The molecule has 120 valence electrons. The Morgan fingerprint density at radius 3 is 2.74 bits per heavy atom. The first-order valence-corrected chi connectivity index (χ1v) is 8.47. The quantitative estimate of drug-likeness (QED) is 0.777. The minimum atomic E-state index is -3.74. The predicted octanol–water partition coefficient (Wildman–Crippen LogP) is 2.62. The van der Waals surface area contributed by atoms with E-state index in [4.69, 9.17) is 9.15 Å². The lowest BCUT2D eigenvalue weighted by Gasteiger charge is -2.10. The van der Waals surface area contributed by atoms with E-state index in [1.54, 1.807) is 30.3 Å². The zero-order valence-corrected chi connectivity index (χ0v) is 13.6. The van der Waals surface area contributed by atoms with Gasteiger partial charge in [-0.25, -0.2) is 18.1 Å². The van der Waals surface area contributed by atoms with Gasteiger partial charge in [-0.1, -0.05) is 18.2 Å². The fourth-order valence-corrected chi connectivity index (χ4v) is 3.45. The van der Waals surface area contributed by atoms with E-state index in [0.717, 1.165) is 5.56 Å². The van der Waals surface area contributed by atoms with Crippen molar-refractivity contribution in [2.24, 2.45) is 0 Å². The molecule has 0 aliphatic carbocycles. The first-order chi connectivity index (χ1) is 11.0. The van der Waals surface area contributed by atoms with Crippen LogP contribution >= 0.6 is 0 Å². The van der Waals surface area contributed by atoms with Gasteiger partial charge in [0.1, 0.15) is 16.2 Å². The number of methoxy groups -OCH3 is 1. The molecule has 1 heterocycles.